The zero-order chi connectivity index (χ0) is 14.5. The van der Waals surface area contributed by atoms with E-state index in [1.54, 1.807) is 0 Å². The van der Waals surface area contributed by atoms with E-state index in [-0.39, 0.29) is 0 Å². The summed E-state index contributed by atoms with van der Waals surface area (Å²) >= 11 is 5.52. The van der Waals surface area contributed by atoms with Gasteiger partial charge in [-0.1, -0.05) is 38.1 Å². The molecule has 0 fully saturated rings. The quantitative estimate of drug-likeness (QED) is 0.727. The van der Waals surface area contributed by atoms with E-state index in [1.807, 2.05) is 11.3 Å². The molecule has 1 nitrogen and oxygen atoms in total. The Labute approximate surface area is 134 Å². The van der Waals surface area contributed by atoms with Crippen molar-refractivity contribution in [3.05, 3.63) is 55.7 Å². The lowest BCUT2D eigenvalue weighted by Gasteiger charge is -2.20. The van der Waals surface area contributed by atoms with Gasteiger partial charge in [-0.15, -0.1) is 11.3 Å². The van der Waals surface area contributed by atoms with Gasteiger partial charge in [0.2, 0.25) is 0 Å². The maximum Gasteiger partial charge on any atom is 0.0674 e. The van der Waals surface area contributed by atoms with Gasteiger partial charge in [0.25, 0.3) is 0 Å². The van der Waals surface area contributed by atoms with Crippen LogP contribution in [0.15, 0.2) is 34.8 Å². The molecule has 2 aromatic rings. The first-order valence-electron chi connectivity index (χ1n) is 7.24. The first-order valence-corrected chi connectivity index (χ1v) is 8.85. The van der Waals surface area contributed by atoms with Gasteiger partial charge in [0.15, 0.2) is 0 Å². The number of halogens is 1. The first-order chi connectivity index (χ1) is 9.67. The molecule has 2 rings (SSSR count). The van der Waals surface area contributed by atoms with Crippen molar-refractivity contribution in [2.24, 2.45) is 0 Å². The number of hydrogen-bond acceptors (Lipinski definition) is 2. The topological polar surface area (TPSA) is 12.0 Å². The number of hydrogen-bond donors (Lipinski definition) is 1. The van der Waals surface area contributed by atoms with Gasteiger partial charge in [-0.05, 0) is 59.4 Å². The molecule has 3 heteroatoms. The highest BCUT2D eigenvalue weighted by atomic mass is 79.9. The SMILES string of the molecule is CCCNC(c1cc(Br)c(C)s1)c1ccccc1CC. The third-order valence-electron chi connectivity index (χ3n) is 3.51. The fourth-order valence-electron chi connectivity index (χ4n) is 2.41. The molecule has 0 aliphatic carbocycles. The first kappa shape index (κ1) is 15.7. The lowest BCUT2D eigenvalue weighted by atomic mass is 9.97. The van der Waals surface area contributed by atoms with Gasteiger partial charge in [-0.25, -0.2) is 0 Å². The van der Waals surface area contributed by atoms with Crippen LogP contribution in [-0.2, 0) is 6.42 Å². The molecule has 0 radical (unpaired) electrons. The molecule has 1 unspecified atom stereocenters. The van der Waals surface area contributed by atoms with Crippen molar-refractivity contribution in [2.75, 3.05) is 6.54 Å². The van der Waals surface area contributed by atoms with Crippen LogP contribution in [-0.4, -0.2) is 6.54 Å². The Hall–Kier alpha value is -0.640. The molecule has 0 spiro atoms. The molecular weight excluding hydrogens is 330 g/mol. The average molecular weight is 352 g/mol. The molecule has 1 aromatic heterocycles. The van der Waals surface area contributed by atoms with Crippen LogP contribution in [0, 0.1) is 6.92 Å². The zero-order valence-corrected chi connectivity index (χ0v) is 14.8. The molecule has 0 aliphatic rings. The Balaban J connectivity index is 2.41. The van der Waals surface area contributed by atoms with Gasteiger partial charge in [0.1, 0.15) is 0 Å². The lowest BCUT2D eigenvalue weighted by molar-refractivity contribution is 0.602. The van der Waals surface area contributed by atoms with Crippen molar-refractivity contribution in [1.29, 1.82) is 0 Å². The molecule has 108 valence electrons. The van der Waals surface area contributed by atoms with Gasteiger partial charge in [0.05, 0.1) is 6.04 Å². The van der Waals surface area contributed by atoms with Crippen LogP contribution in [0.2, 0.25) is 0 Å². The minimum Gasteiger partial charge on any atom is -0.306 e. The van der Waals surface area contributed by atoms with E-state index in [9.17, 15) is 0 Å². The molecule has 0 aliphatic heterocycles. The summed E-state index contributed by atoms with van der Waals surface area (Å²) in [7, 11) is 0. The molecule has 1 N–H and O–H groups in total. The minimum atomic E-state index is 0.307. The molecular formula is C17H22BrNS. The van der Waals surface area contributed by atoms with Crippen molar-refractivity contribution in [1.82, 2.24) is 5.32 Å². The van der Waals surface area contributed by atoms with Crippen LogP contribution in [0.3, 0.4) is 0 Å². The molecule has 0 bridgehead atoms. The van der Waals surface area contributed by atoms with E-state index in [1.165, 1.54) is 25.4 Å². The number of aryl methyl sites for hydroxylation is 2. The van der Waals surface area contributed by atoms with E-state index >= 15 is 0 Å². The standard InChI is InChI=1S/C17H22BrNS/c1-4-10-19-17(16-11-15(18)12(3)20-16)14-9-7-6-8-13(14)5-2/h6-9,11,17,19H,4-5,10H2,1-3H3. The molecule has 0 amide bonds. The predicted octanol–water partition coefficient (Wildman–Crippen LogP) is 5.47. The Morgan fingerprint density at radius 2 is 2.00 bits per heavy atom. The fraction of sp³-hybridized carbons (Fsp3) is 0.412. The average Bonchev–Trinajstić information content (AvgIpc) is 2.79. The van der Waals surface area contributed by atoms with Crippen molar-refractivity contribution < 1.29 is 0 Å². The van der Waals surface area contributed by atoms with Crippen molar-refractivity contribution >= 4 is 27.3 Å². The zero-order valence-electron chi connectivity index (χ0n) is 12.4. The summed E-state index contributed by atoms with van der Waals surface area (Å²) in [4.78, 5) is 2.74. The van der Waals surface area contributed by atoms with E-state index in [0.717, 1.165) is 19.4 Å². The van der Waals surface area contributed by atoms with E-state index in [2.05, 4.69) is 72.3 Å². The third-order valence-corrected chi connectivity index (χ3v) is 5.71. The third kappa shape index (κ3) is 3.51. The Morgan fingerprint density at radius 1 is 1.25 bits per heavy atom. The summed E-state index contributed by atoms with van der Waals surface area (Å²) in [6.07, 6.45) is 2.22. The minimum absolute atomic E-state index is 0.307. The lowest BCUT2D eigenvalue weighted by Crippen LogP contribution is -2.23. The highest BCUT2D eigenvalue weighted by molar-refractivity contribution is 9.10. The number of nitrogens with one attached hydrogen (secondary N) is 1. The Kier molecular flexibility index (Phi) is 5.82. The second-order valence-corrected chi connectivity index (χ2v) is 7.13. The monoisotopic (exact) mass is 351 g/mol. The summed E-state index contributed by atoms with van der Waals surface area (Å²) in [5.74, 6) is 0. The fourth-order valence-corrected chi connectivity index (χ4v) is 4.07. The van der Waals surface area contributed by atoms with Crippen molar-refractivity contribution in [2.45, 2.75) is 39.7 Å². The smallest absolute Gasteiger partial charge is 0.0674 e. The van der Waals surface area contributed by atoms with Crippen molar-refractivity contribution in [3.8, 4) is 0 Å². The summed E-state index contributed by atoms with van der Waals surface area (Å²) in [5.41, 5.74) is 2.85. The van der Waals surface area contributed by atoms with Crippen LogP contribution >= 0.6 is 27.3 Å². The largest absolute Gasteiger partial charge is 0.306 e. The van der Waals surface area contributed by atoms with Crippen LogP contribution in [0.5, 0.6) is 0 Å². The maximum absolute atomic E-state index is 3.71. The number of benzene rings is 1. The van der Waals surface area contributed by atoms with Gasteiger partial charge >= 0.3 is 0 Å². The van der Waals surface area contributed by atoms with Gasteiger partial charge in [-0.3, -0.25) is 0 Å². The van der Waals surface area contributed by atoms with Gasteiger partial charge < -0.3 is 5.32 Å². The highest BCUT2D eigenvalue weighted by Crippen LogP contribution is 2.35. The Morgan fingerprint density at radius 3 is 2.60 bits per heavy atom. The van der Waals surface area contributed by atoms with Crippen LogP contribution in [0.1, 0.15) is 47.2 Å². The second kappa shape index (κ2) is 7.39. The summed E-state index contributed by atoms with van der Waals surface area (Å²) in [6, 6.07) is 11.3. The van der Waals surface area contributed by atoms with Crippen LogP contribution in [0.25, 0.3) is 0 Å². The summed E-state index contributed by atoms with van der Waals surface area (Å²) < 4.78 is 1.22. The normalized spacial score (nSPS) is 12.6. The van der Waals surface area contributed by atoms with Gasteiger partial charge in [0, 0.05) is 14.2 Å². The van der Waals surface area contributed by atoms with E-state index < -0.39 is 0 Å². The van der Waals surface area contributed by atoms with Crippen LogP contribution in [0.4, 0.5) is 0 Å². The molecule has 20 heavy (non-hydrogen) atoms. The molecule has 0 saturated heterocycles. The molecule has 1 aromatic carbocycles. The predicted molar refractivity (Wildman–Crippen MR) is 92.7 cm³/mol. The Bertz CT molecular complexity index is 542. The second-order valence-electron chi connectivity index (χ2n) is 4.99. The number of thiophene rings is 1. The van der Waals surface area contributed by atoms with Crippen LogP contribution < -0.4 is 5.32 Å². The van der Waals surface area contributed by atoms with E-state index in [0.29, 0.717) is 6.04 Å². The molecule has 1 atom stereocenters. The highest BCUT2D eigenvalue weighted by Gasteiger charge is 2.18. The maximum atomic E-state index is 3.71. The van der Waals surface area contributed by atoms with Crippen molar-refractivity contribution in [3.63, 3.8) is 0 Å². The molecule has 1 heterocycles. The van der Waals surface area contributed by atoms with E-state index in [4.69, 9.17) is 0 Å². The molecule has 0 saturated carbocycles. The summed E-state index contributed by atoms with van der Waals surface area (Å²) in [5, 5.41) is 3.71. The van der Waals surface area contributed by atoms with Gasteiger partial charge in [-0.2, -0.15) is 0 Å². The number of rotatable bonds is 6. The summed E-state index contributed by atoms with van der Waals surface area (Å²) in [6.45, 7) is 7.65.